The summed E-state index contributed by atoms with van der Waals surface area (Å²) in [4.78, 5) is 19.1. The van der Waals surface area contributed by atoms with Crippen LogP contribution in [0.2, 0.25) is 0 Å². The van der Waals surface area contributed by atoms with Gasteiger partial charge in [-0.1, -0.05) is 18.6 Å². The van der Waals surface area contributed by atoms with Crippen LogP contribution in [0.25, 0.3) is 11.3 Å². The third-order valence-corrected chi connectivity index (χ3v) is 6.14. The number of rotatable bonds is 9. The molecule has 1 saturated heterocycles. The molecule has 180 valence electrons. The molecule has 0 saturated carbocycles. The van der Waals surface area contributed by atoms with Crippen molar-refractivity contribution in [3.05, 3.63) is 71.8 Å². The molecule has 4 rings (SSSR count). The Bertz CT molecular complexity index is 1090. The normalized spacial score (nSPS) is 15.1. The summed E-state index contributed by atoms with van der Waals surface area (Å²) in [6, 6.07) is 11.3. The first-order valence-corrected chi connectivity index (χ1v) is 11.6. The first-order chi connectivity index (χ1) is 16.5. The number of halogens is 2. The predicted molar refractivity (Wildman–Crippen MR) is 124 cm³/mol. The van der Waals surface area contributed by atoms with Crippen LogP contribution in [0.5, 0.6) is 5.75 Å². The zero-order valence-electron chi connectivity index (χ0n) is 19.2. The Hall–Kier alpha value is -3.26. The summed E-state index contributed by atoms with van der Waals surface area (Å²) in [5.74, 6) is -0.147. The molecule has 3 aromatic rings. The molecule has 1 aliphatic rings. The van der Waals surface area contributed by atoms with Gasteiger partial charge in [-0.05, 0) is 55.8 Å². The lowest BCUT2D eigenvalue weighted by molar-refractivity contribution is -0.121. The van der Waals surface area contributed by atoms with Gasteiger partial charge in [0.05, 0.1) is 24.9 Å². The van der Waals surface area contributed by atoms with E-state index in [-0.39, 0.29) is 36.1 Å². The zero-order valence-corrected chi connectivity index (χ0v) is 19.2. The number of nitrogens with zero attached hydrogens (tertiary/aromatic N) is 2. The molecular formula is C26H29F2N3O3. The first-order valence-electron chi connectivity index (χ1n) is 11.6. The van der Waals surface area contributed by atoms with Crippen LogP contribution in [-0.2, 0) is 11.2 Å². The van der Waals surface area contributed by atoms with E-state index in [1.165, 1.54) is 18.7 Å². The van der Waals surface area contributed by atoms with Gasteiger partial charge in [-0.15, -0.1) is 0 Å². The van der Waals surface area contributed by atoms with Gasteiger partial charge in [-0.25, -0.2) is 13.8 Å². The maximum absolute atomic E-state index is 14.0. The van der Waals surface area contributed by atoms with E-state index in [2.05, 4.69) is 15.2 Å². The molecule has 6 nitrogen and oxygen atoms in total. The number of aryl methyl sites for hydroxylation is 1. The molecule has 1 unspecified atom stereocenters. The highest BCUT2D eigenvalue weighted by molar-refractivity contribution is 5.76. The van der Waals surface area contributed by atoms with Gasteiger partial charge in [-0.2, -0.15) is 0 Å². The maximum Gasteiger partial charge on any atom is 0.220 e. The molecule has 1 aliphatic heterocycles. The van der Waals surface area contributed by atoms with Crippen molar-refractivity contribution in [3.8, 4) is 17.1 Å². The van der Waals surface area contributed by atoms with Crippen molar-refractivity contribution < 1.29 is 22.7 Å². The Kier molecular flexibility index (Phi) is 7.90. The van der Waals surface area contributed by atoms with E-state index in [9.17, 15) is 13.6 Å². The zero-order chi connectivity index (χ0) is 23.9. The number of ether oxygens (including phenoxy) is 1. The van der Waals surface area contributed by atoms with E-state index in [4.69, 9.17) is 9.15 Å². The Morgan fingerprint density at radius 3 is 2.62 bits per heavy atom. The van der Waals surface area contributed by atoms with Crippen molar-refractivity contribution in [2.24, 2.45) is 0 Å². The Morgan fingerprint density at radius 2 is 1.91 bits per heavy atom. The molecule has 1 fully saturated rings. The Balaban J connectivity index is 1.34. The third kappa shape index (κ3) is 5.99. The average Bonchev–Trinajstić information content (AvgIpc) is 3.32. The topological polar surface area (TPSA) is 67.6 Å². The van der Waals surface area contributed by atoms with E-state index in [0.717, 1.165) is 49.4 Å². The highest BCUT2D eigenvalue weighted by atomic mass is 19.1. The second-order valence-corrected chi connectivity index (χ2v) is 8.43. The molecule has 34 heavy (non-hydrogen) atoms. The summed E-state index contributed by atoms with van der Waals surface area (Å²) in [6.07, 6.45) is 5.41. The molecular weight excluding hydrogens is 440 g/mol. The standard InChI is InChI=1S/C26H29F2N3O3/c1-33-20-8-5-18(6-9-20)23(31-13-3-2-4-14-31)16-29-25(32)11-12-26-30-17-24(34-26)21-10-7-19(27)15-22(21)28/h5-10,15,17,23H,2-4,11-14,16H2,1H3,(H,29,32). The fourth-order valence-corrected chi connectivity index (χ4v) is 4.27. The van der Waals surface area contributed by atoms with Gasteiger partial charge >= 0.3 is 0 Å². The van der Waals surface area contributed by atoms with Crippen LogP contribution in [-0.4, -0.2) is 42.5 Å². The van der Waals surface area contributed by atoms with Crippen LogP contribution < -0.4 is 10.1 Å². The van der Waals surface area contributed by atoms with Crippen LogP contribution in [0.3, 0.4) is 0 Å². The molecule has 1 amide bonds. The van der Waals surface area contributed by atoms with Gasteiger partial charge in [0.15, 0.2) is 11.7 Å². The molecule has 1 atom stereocenters. The van der Waals surface area contributed by atoms with Crippen LogP contribution in [0, 0.1) is 11.6 Å². The van der Waals surface area contributed by atoms with Gasteiger partial charge < -0.3 is 14.5 Å². The minimum atomic E-state index is -0.720. The predicted octanol–water partition coefficient (Wildman–Crippen LogP) is 4.90. The second kappa shape index (κ2) is 11.2. The lowest BCUT2D eigenvalue weighted by Gasteiger charge is -2.35. The van der Waals surface area contributed by atoms with Gasteiger partial charge in [0.2, 0.25) is 5.91 Å². The molecule has 0 bridgehead atoms. The highest BCUT2D eigenvalue weighted by Crippen LogP contribution is 2.27. The summed E-state index contributed by atoms with van der Waals surface area (Å²) >= 11 is 0. The number of likely N-dealkylation sites (tertiary alicyclic amines) is 1. The SMILES string of the molecule is COc1ccc(C(CNC(=O)CCc2ncc(-c3ccc(F)cc3F)o2)N2CCCCC2)cc1. The number of hydrogen-bond acceptors (Lipinski definition) is 5. The molecule has 0 radical (unpaired) electrons. The Morgan fingerprint density at radius 1 is 1.15 bits per heavy atom. The molecule has 0 aliphatic carbocycles. The van der Waals surface area contributed by atoms with Gasteiger partial charge in [0, 0.05) is 25.5 Å². The third-order valence-electron chi connectivity index (χ3n) is 6.14. The molecule has 8 heteroatoms. The molecule has 2 heterocycles. The van der Waals surface area contributed by atoms with Crippen molar-refractivity contribution in [1.29, 1.82) is 0 Å². The fourth-order valence-electron chi connectivity index (χ4n) is 4.27. The van der Waals surface area contributed by atoms with Crippen molar-refractivity contribution in [1.82, 2.24) is 15.2 Å². The number of carbonyl (C=O) groups is 1. The number of aromatic nitrogens is 1. The molecule has 0 spiro atoms. The van der Waals surface area contributed by atoms with Crippen molar-refractivity contribution in [2.45, 2.75) is 38.1 Å². The van der Waals surface area contributed by atoms with Gasteiger partial charge in [0.25, 0.3) is 0 Å². The van der Waals surface area contributed by atoms with E-state index in [1.54, 1.807) is 7.11 Å². The Labute approximate surface area is 197 Å². The highest BCUT2D eigenvalue weighted by Gasteiger charge is 2.23. The lowest BCUT2D eigenvalue weighted by Crippen LogP contribution is -2.40. The van der Waals surface area contributed by atoms with E-state index < -0.39 is 11.6 Å². The largest absolute Gasteiger partial charge is 0.497 e. The number of piperidine rings is 1. The number of nitrogens with one attached hydrogen (secondary N) is 1. The van der Waals surface area contributed by atoms with Crippen LogP contribution in [0.1, 0.15) is 43.2 Å². The van der Waals surface area contributed by atoms with Crippen LogP contribution in [0.4, 0.5) is 8.78 Å². The quantitative estimate of drug-likeness (QED) is 0.483. The molecule has 1 aromatic heterocycles. The summed E-state index contributed by atoms with van der Waals surface area (Å²) in [6.45, 7) is 2.51. The first kappa shape index (κ1) is 23.9. The van der Waals surface area contributed by atoms with Gasteiger partial charge in [-0.3, -0.25) is 9.69 Å². The fraction of sp³-hybridized carbons (Fsp3) is 0.385. The monoisotopic (exact) mass is 469 g/mol. The van der Waals surface area contributed by atoms with Crippen molar-refractivity contribution in [3.63, 3.8) is 0 Å². The maximum atomic E-state index is 14.0. The summed E-state index contributed by atoms with van der Waals surface area (Å²) in [5, 5.41) is 3.05. The number of amides is 1. The number of oxazole rings is 1. The smallest absolute Gasteiger partial charge is 0.220 e. The summed E-state index contributed by atoms with van der Waals surface area (Å²) in [7, 11) is 1.64. The average molecular weight is 470 g/mol. The number of hydrogen-bond donors (Lipinski definition) is 1. The van der Waals surface area contributed by atoms with Crippen LogP contribution in [0.15, 0.2) is 53.1 Å². The second-order valence-electron chi connectivity index (χ2n) is 8.43. The molecule has 1 N–H and O–H groups in total. The van der Waals surface area contributed by atoms with E-state index in [0.29, 0.717) is 12.4 Å². The minimum absolute atomic E-state index is 0.0879. The van der Waals surface area contributed by atoms with Gasteiger partial charge in [0.1, 0.15) is 17.4 Å². The minimum Gasteiger partial charge on any atom is -0.497 e. The number of methoxy groups -OCH3 is 1. The summed E-state index contributed by atoms with van der Waals surface area (Å²) < 4.78 is 37.9. The van der Waals surface area contributed by atoms with Crippen LogP contribution >= 0.6 is 0 Å². The van der Waals surface area contributed by atoms with E-state index >= 15 is 0 Å². The lowest BCUT2D eigenvalue weighted by atomic mass is 10.0. The van der Waals surface area contributed by atoms with Crippen molar-refractivity contribution in [2.75, 3.05) is 26.7 Å². The molecule has 2 aromatic carbocycles. The van der Waals surface area contributed by atoms with E-state index in [1.807, 2.05) is 24.3 Å². The number of benzene rings is 2. The summed E-state index contributed by atoms with van der Waals surface area (Å²) in [5.41, 5.74) is 1.27. The number of carbonyl (C=O) groups excluding carboxylic acids is 1. The van der Waals surface area contributed by atoms with Crippen molar-refractivity contribution >= 4 is 5.91 Å².